The van der Waals surface area contributed by atoms with Gasteiger partial charge in [-0.1, -0.05) is 24.3 Å². The first-order valence-corrected chi connectivity index (χ1v) is 11.0. The molecule has 0 bridgehead atoms. The summed E-state index contributed by atoms with van der Waals surface area (Å²) in [6.45, 7) is 3.63. The third-order valence-electron chi connectivity index (χ3n) is 6.26. The third kappa shape index (κ3) is 3.59. The van der Waals surface area contributed by atoms with E-state index >= 15 is 0 Å². The van der Waals surface area contributed by atoms with Crippen molar-refractivity contribution in [2.45, 2.75) is 19.9 Å². The van der Waals surface area contributed by atoms with Crippen LogP contribution in [0.25, 0.3) is 16.8 Å². The highest BCUT2D eigenvalue weighted by molar-refractivity contribution is 6.51. The van der Waals surface area contributed by atoms with Gasteiger partial charge in [0.05, 0.1) is 29.8 Å². The molecule has 5 rings (SSSR count). The largest absolute Gasteiger partial charge is 0.508 e. The molecule has 1 unspecified atom stereocenters. The van der Waals surface area contributed by atoms with Gasteiger partial charge in [-0.15, -0.1) is 0 Å². The maximum Gasteiger partial charge on any atom is 0.302 e. The van der Waals surface area contributed by atoms with E-state index in [-0.39, 0.29) is 23.0 Å². The number of aromatic nitrogens is 2. The number of aromatic hydroxyl groups is 1. The zero-order chi connectivity index (χ0) is 24.9. The van der Waals surface area contributed by atoms with E-state index < -0.39 is 17.7 Å². The highest BCUT2D eigenvalue weighted by Gasteiger charge is 2.48. The molecule has 1 aromatic heterocycles. The molecule has 0 aliphatic carbocycles. The number of nitrogens with one attached hydrogen (secondary N) is 1. The number of phenols is 1. The van der Waals surface area contributed by atoms with Gasteiger partial charge in [0.15, 0.2) is 0 Å². The number of carbonyl (C=O) groups excluding carboxylic acids is 2. The van der Waals surface area contributed by atoms with Crippen molar-refractivity contribution in [3.8, 4) is 11.5 Å². The van der Waals surface area contributed by atoms with Crippen LogP contribution in [0.15, 0.2) is 66.2 Å². The molecular weight excluding hydrogens is 446 g/mol. The molecule has 1 atom stereocenters. The molecule has 35 heavy (non-hydrogen) atoms. The minimum Gasteiger partial charge on any atom is -0.508 e. The van der Waals surface area contributed by atoms with Crippen LogP contribution in [-0.4, -0.2) is 39.0 Å². The number of Topliss-reactive ketones (excluding diaryl/α,β-unsaturated/α-hetero) is 1. The Kier molecular flexibility index (Phi) is 5.28. The average molecular weight is 469 g/mol. The van der Waals surface area contributed by atoms with Gasteiger partial charge in [0.25, 0.3) is 5.78 Å². The standard InChI is InChI=1S/C27H23N3O5/c1-14-13-21(35-3)15(2)12-18(14)24(32)22-23(16-8-10-17(31)11-9-16)30(26(34)25(22)33)27-28-19-6-4-5-7-20(19)29-27/h4-13,23,31-32H,1-3H3,(H,28,29)/b24-22+. The molecule has 0 radical (unpaired) electrons. The Hall–Kier alpha value is -4.59. The van der Waals surface area contributed by atoms with Gasteiger partial charge in [0.1, 0.15) is 17.3 Å². The molecule has 1 fully saturated rings. The highest BCUT2D eigenvalue weighted by Crippen LogP contribution is 2.42. The van der Waals surface area contributed by atoms with Crippen LogP contribution in [0.2, 0.25) is 0 Å². The number of benzene rings is 3. The summed E-state index contributed by atoms with van der Waals surface area (Å²) in [7, 11) is 1.56. The molecule has 8 nitrogen and oxygen atoms in total. The number of amides is 1. The minimum absolute atomic E-state index is 0.0380. The van der Waals surface area contributed by atoms with E-state index in [2.05, 4.69) is 9.97 Å². The van der Waals surface area contributed by atoms with E-state index in [9.17, 15) is 19.8 Å². The molecular formula is C27H23N3O5. The van der Waals surface area contributed by atoms with Gasteiger partial charge in [-0.2, -0.15) is 0 Å². The normalized spacial score (nSPS) is 17.3. The van der Waals surface area contributed by atoms with Gasteiger partial charge < -0.3 is 19.9 Å². The van der Waals surface area contributed by atoms with Crippen molar-refractivity contribution in [2.75, 3.05) is 12.0 Å². The van der Waals surface area contributed by atoms with Gasteiger partial charge in [0.2, 0.25) is 5.95 Å². The van der Waals surface area contributed by atoms with Gasteiger partial charge in [-0.25, -0.2) is 4.98 Å². The molecule has 4 aromatic rings. The van der Waals surface area contributed by atoms with Crippen molar-refractivity contribution in [2.24, 2.45) is 0 Å². The molecule has 3 N–H and O–H groups in total. The number of para-hydroxylation sites is 2. The van der Waals surface area contributed by atoms with Gasteiger partial charge in [-0.05, 0) is 66.9 Å². The zero-order valence-corrected chi connectivity index (χ0v) is 19.4. The lowest BCUT2D eigenvalue weighted by Crippen LogP contribution is -2.30. The van der Waals surface area contributed by atoms with Crippen molar-refractivity contribution < 1.29 is 24.5 Å². The Morgan fingerprint density at radius 3 is 2.43 bits per heavy atom. The first-order chi connectivity index (χ1) is 16.8. The number of hydrogen-bond acceptors (Lipinski definition) is 6. The van der Waals surface area contributed by atoms with Crippen LogP contribution in [0.3, 0.4) is 0 Å². The van der Waals surface area contributed by atoms with E-state index in [0.717, 1.165) is 5.56 Å². The smallest absolute Gasteiger partial charge is 0.302 e. The summed E-state index contributed by atoms with van der Waals surface area (Å²) in [5.74, 6) is -1.05. The Morgan fingerprint density at radius 1 is 1.03 bits per heavy atom. The molecule has 176 valence electrons. The second-order valence-electron chi connectivity index (χ2n) is 8.47. The molecule has 1 amide bonds. The van der Waals surface area contributed by atoms with Crippen molar-refractivity contribution in [1.29, 1.82) is 0 Å². The maximum absolute atomic E-state index is 13.4. The number of imidazole rings is 1. The monoisotopic (exact) mass is 469 g/mol. The zero-order valence-electron chi connectivity index (χ0n) is 19.4. The number of H-pyrrole nitrogens is 1. The van der Waals surface area contributed by atoms with E-state index in [1.165, 1.54) is 17.0 Å². The van der Waals surface area contributed by atoms with E-state index in [1.54, 1.807) is 44.4 Å². The number of aryl methyl sites for hydroxylation is 2. The Balaban J connectivity index is 1.75. The SMILES string of the molecule is COc1cc(C)c(/C(O)=C2\C(=O)C(=O)N(c3nc4ccccc4[nH]3)C2c2ccc(O)cc2)cc1C. The van der Waals surface area contributed by atoms with E-state index in [0.29, 0.717) is 33.5 Å². The predicted octanol–water partition coefficient (Wildman–Crippen LogP) is 4.52. The summed E-state index contributed by atoms with van der Waals surface area (Å²) in [5, 5.41) is 21.2. The van der Waals surface area contributed by atoms with E-state index in [4.69, 9.17) is 4.74 Å². The fourth-order valence-electron chi connectivity index (χ4n) is 4.49. The number of carbonyl (C=O) groups is 2. The molecule has 3 aromatic carbocycles. The van der Waals surface area contributed by atoms with Crippen LogP contribution in [-0.2, 0) is 9.59 Å². The number of aromatic amines is 1. The number of methoxy groups -OCH3 is 1. The molecule has 0 saturated carbocycles. The number of phenolic OH excluding ortho intramolecular Hbond substituents is 1. The first kappa shape index (κ1) is 22.2. The average Bonchev–Trinajstić information content (AvgIpc) is 3.39. The van der Waals surface area contributed by atoms with Crippen molar-refractivity contribution in [3.05, 3.63) is 88.5 Å². The van der Waals surface area contributed by atoms with Crippen LogP contribution < -0.4 is 9.64 Å². The number of ether oxygens (including phenoxy) is 1. The number of aliphatic hydroxyl groups excluding tert-OH is 1. The summed E-state index contributed by atoms with van der Waals surface area (Å²) in [5.41, 5.74) is 3.69. The maximum atomic E-state index is 13.4. The number of hydrogen-bond donors (Lipinski definition) is 3. The van der Waals surface area contributed by atoms with Crippen molar-refractivity contribution in [3.63, 3.8) is 0 Å². The number of aliphatic hydroxyl groups is 1. The summed E-state index contributed by atoms with van der Waals surface area (Å²) in [4.78, 5) is 35.6. The van der Waals surface area contributed by atoms with Gasteiger partial charge >= 0.3 is 5.91 Å². The molecule has 8 heteroatoms. The lowest BCUT2D eigenvalue weighted by atomic mass is 9.93. The Labute approximate surface area is 201 Å². The Bertz CT molecular complexity index is 1480. The fourth-order valence-corrected chi connectivity index (χ4v) is 4.49. The molecule has 0 spiro atoms. The summed E-state index contributed by atoms with van der Waals surface area (Å²) in [6.07, 6.45) is 0. The quantitative estimate of drug-likeness (QED) is 0.230. The second kappa shape index (κ2) is 8.32. The number of ketones is 1. The Morgan fingerprint density at radius 2 is 1.74 bits per heavy atom. The topological polar surface area (TPSA) is 116 Å². The number of nitrogens with zero attached hydrogens (tertiary/aromatic N) is 2. The van der Waals surface area contributed by atoms with E-state index in [1.807, 2.05) is 25.1 Å². The second-order valence-corrected chi connectivity index (χ2v) is 8.47. The lowest BCUT2D eigenvalue weighted by Gasteiger charge is -2.23. The first-order valence-electron chi connectivity index (χ1n) is 11.0. The van der Waals surface area contributed by atoms with Gasteiger partial charge in [-0.3, -0.25) is 14.5 Å². The molecule has 2 heterocycles. The highest BCUT2D eigenvalue weighted by atomic mass is 16.5. The van der Waals surface area contributed by atoms with Gasteiger partial charge in [0, 0.05) is 5.56 Å². The summed E-state index contributed by atoms with van der Waals surface area (Å²) >= 11 is 0. The van der Waals surface area contributed by atoms with Crippen LogP contribution in [0.1, 0.15) is 28.3 Å². The fraction of sp³-hybridized carbons (Fsp3) is 0.148. The third-order valence-corrected chi connectivity index (χ3v) is 6.26. The molecule has 1 aliphatic rings. The predicted molar refractivity (Wildman–Crippen MR) is 131 cm³/mol. The molecule has 1 saturated heterocycles. The van der Waals surface area contributed by atoms with Crippen LogP contribution in [0.5, 0.6) is 11.5 Å². The number of anilines is 1. The number of rotatable bonds is 4. The number of fused-ring (bicyclic) bond motifs is 1. The van der Waals surface area contributed by atoms with Crippen molar-refractivity contribution >= 4 is 34.4 Å². The summed E-state index contributed by atoms with van der Waals surface area (Å²) < 4.78 is 5.37. The lowest BCUT2D eigenvalue weighted by molar-refractivity contribution is -0.132. The van der Waals surface area contributed by atoms with Crippen LogP contribution in [0.4, 0.5) is 5.95 Å². The molecule has 1 aliphatic heterocycles. The van der Waals surface area contributed by atoms with Crippen LogP contribution >= 0.6 is 0 Å². The van der Waals surface area contributed by atoms with Crippen molar-refractivity contribution in [1.82, 2.24) is 9.97 Å². The van der Waals surface area contributed by atoms with Crippen LogP contribution in [0, 0.1) is 13.8 Å². The minimum atomic E-state index is -0.960. The summed E-state index contributed by atoms with van der Waals surface area (Å²) in [6, 6.07) is 16.0.